The Balaban J connectivity index is 1.74. The first-order valence-corrected chi connectivity index (χ1v) is 10.6. The van der Waals surface area contributed by atoms with E-state index in [1.54, 1.807) is 11.3 Å². The Morgan fingerprint density at radius 1 is 1.19 bits per heavy atom. The van der Waals surface area contributed by atoms with Gasteiger partial charge in [0.15, 0.2) is 0 Å². The molecule has 0 aliphatic carbocycles. The van der Waals surface area contributed by atoms with Crippen LogP contribution in [0.5, 0.6) is 11.6 Å². The van der Waals surface area contributed by atoms with Crippen LogP contribution in [0, 0.1) is 20.8 Å². The summed E-state index contributed by atoms with van der Waals surface area (Å²) in [6, 6.07) is 6.07. The van der Waals surface area contributed by atoms with Crippen molar-refractivity contribution in [1.82, 2.24) is 14.9 Å². The molecular formula is C20H22BrN3O2S. The largest absolute Gasteiger partial charge is 0.437 e. The van der Waals surface area contributed by atoms with Crippen LogP contribution in [0.2, 0.25) is 0 Å². The molecule has 142 valence electrons. The number of aryl methyl sites for hydroxylation is 3. The Hall–Kier alpha value is -1.54. The number of thiophene rings is 1. The first-order chi connectivity index (χ1) is 13.0. The van der Waals surface area contributed by atoms with Crippen LogP contribution < -0.4 is 4.74 Å². The van der Waals surface area contributed by atoms with Crippen molar-refractivity contribution in [3.63, 3.8) is 0 Å². The van der Waals surface area contributed by atoms with Gasteiger partial charge in [-0.25, -0.2) is 4.98 Å². The Morgan fingerprint density at radius 3 is 2.70 bits per heavy atom. The Bertz CT molecular complexity index is 983. The average Bonchev–Trinajstić information content (AvgIpc) is 2.92. The van der Waals surface area contributed by atoms with E-state index in [4.69, 9.17) is 19.4 Å². The van der Waals surface area contributed by atoms with Crippen molar-refractivity contribution in [2.24, 2.45) is 0 Å². The van der Waals surface area contributed by atoms with Gasteiger partial charge in [0.1, 0.15) is 16.4 Å². The van der Waals surface area contributed by atoms with E-state index < -0.39 is 0 Å². The number of aromatic nitrogens is 2. The van der Waals surface area contributed by atoms with Gasteiger partial charge in [-0.15, -0.1) is 11.3 Å². The van der Waals surface area contributed by atoms with Gasteiger partial charge in [0.2, 0.25) is 5.88 Å². The van der Waals surface area contributed by atoms with Gasteiger partial charge in [-0.05, 0) is 60.0 Å². The predicted molar refractivity (Wildman–Crippen MR) is 112 cm³/mol. The third kappa shape index (κ3) is 4.01. The van der Waals surface area contributed by atoms with Crippen LogP contribution in [0.15, 0.2) is 22.7 Å². The third-order valence-corrected chi connectivity index (χ3v) is 6.53. The molecule has 0 spiro atoms. The highest BCUT2D eigenvalue weighted by molar-refractivity contribution is 9.10. The zero-order valence-electron chi connectivity index (χ0n) is 15.7. The topological polar surface area (TPSA) is 47.5 Å². The van der Waals surface area contributed by atoms with E-state index in [0.717, 1.165) is 52.6 Å². The van der Waals surface area contributed by atoms with Crippen molar-refractivity contribution in [3.05, 3.63) is 44.5 Å². The summed E-state index contributed by atoms with van der Waals surface area (Å²) >= 11 is 5.30. The summed E-state index contributed by atoms with van der Waals surface area (Å²) in [5.41, 5.74) is 2.36. The smallest absolute Gasteiger partial charge is 0.231 e. The van der Waals surface area contributed by atoms with Gasteiger partial charge in [0, 0.05) is 18.0 Å². The molecule has 0 bridgehead atoms. The molecule has 3 aromatic rings. The first kappa shape index (κ1) is 18.8. The molecule has 3 heterocycles. The van der Waals surface area contributed by atoms with Gasteiger partial charge in [-0.2, -0.15) is 4.98 Å². The third-order valence-electron chi connectivity index (χ3n) is 4.80. The highest BCUT2D eigenvalue weighted by atomic mass is 79.9. The summed E-state index contributed by atoms with van der Waals surface area (Å²) in [5, 5.41) is 1.01. The number of nitrogens with zero attached hydrogens (tertiary/aromatic N) is 3. The van der Waals surface area contributed by atoms with Crippen LogP contribution in [-0.4, -0.2) is 41.2 Å². The second-order valence-electron chi connectivity index (χ2n) is 6.83. The standard InChI is InChI=1S/C20H22BrN3O2S/c1-12-4-5-16(15(21)10-12)26-19-18-13(2)14(3)27-20(18)23-17(22-19)11-24-6-8-25-9-7-24/h4-5,10H,6-9,11H2,1-3H3. The number of benzene rings is 1. The summed E-state index contributed by atoms with van der Waals surface area (Å²) in [6.45, 7) is 10.3. The molecule has 1 fully saturated rings. The zero-order chi connectivity index (χ0) is 19.0. The van der Waals surface area contributed by atoms with Gasteiger partial charge in [0.25, 0.3) is 0 Å². The molecule has 1 saturated heterocycles. The minimum absolute atomic E-state index is 0.634. The fourth-order valence-electron chi connectivity index (χ4n) is 3.15. The first-order valence-electron chi connectivity index (χ1n) is 9.02. The molecule has 0 unspecified atom stereocenters. The minimum atomic E-state index is 0.634. The lowest BCUT2D eigenvalue weighted by Gasteiger charge is -2.25. The lowest BCUT2D eigenvalue weighted by atomic mass is 10.2. The van der Waals surface area contributed by atoms with Crippen LogP contribution in [0.1, 0.15) is 21.8 Å². The normalized spacial score (nSPS) is 15.4. The van der Waals surface area contributed by atoms with E-state index in [1.807, 2.05) is 18.2 Å². The molecule has 0 N–H and O–H groups in total. The van der Waals surface area contributed by atoms with Gasteiger partial charge < -0.3 is 9.47 Å². The highest BCUT2D eigenvalue weighted by Crippen LogP contribution is 2.38. The van der Waals surface area contributed by atoms with Crippen molar-refractivity contribution >= 4 is 37.5 Å². The molecule has 5 nitrogen and oxygen atoms in total. The number of ether oxygens (including phenoxy) is 2. The van der Waals surface area contributed by atoms with Gasteiger partial charge in [0.05, 0.1) is 29.6 Å². The van der Waals surface area contributed by atoms with Gasteiger partial charge in [-0.3, -0.25) is 4.90 Å². The van der Waals surface area contributed by atoms with Crippen LogP contribution in [-0.2, 0) is 11.3 Å². The van der Waals surface area contributed by atoms with Crippen molar-refractivity contribution in [3.8, 4) is 11.6 Å². The summed E-state index contributed by atoms with van der Waals surface area (Å²) in [4.78, 5) is 14.2. The van der Waals surface area contributed by atoms with Crippen molar-refractivity contribution in [2.75, 3.05) is 26.3 Å². The van der Waals surface area contributed by atoms with E-state index in [2.05, 4.69) is 41.6 Å². The predicted octanol–water partition coefficient (Wildman–Crippen LogP) is 5.00. The number of fused-ring (bicyclic) bond motifs is 1. The monoisotopic (exact) mass is 447 g/mol. The molecule has 7 heteroatoms. The van der Waals surface area contributed by atoms with Crippen molar-refractivity contribution in [2.45, 2.75) is 27.3 Å². The average molecular weight is 448 g/mol. The van der Waals surface area contributed by atoms with Crippen LogP contribution in [0.4, 0.5) is 0 Å². The SMILES string of the molecule is Cc1ccc(Oc2nc(CN3CCOCC3)nc3sc(C)c(C)c23)c(Br)c1. The van der Waals surface area contributed by atoms with E-state index in [0.29, 0.717) is 12.4 Å². The Labute approximate surface area is 171 Å². The van der Waals surface area contributed by atoms with Crippen LogP contribution in [0.3, 0.4) is 0 Å². The molecule has 1 aromatic carbocycles. The molecule has 0 amide bonds. The molecule has 0 saturated carbocycles. The lowest BCUT2D eigenvalue weighted by Crippen LogP contribution is -2.36. The molecular weight excluding hydrogens is 426 g/mol. The van der Waals surface area contributed by atoms with E-state index in [9.17, 15) is 0 Å². The van der Waals surface area contributed by atoms with Crippen molar-refractivity contribution < 1.29 is 9.47 Å². The maximum atomic E-state index is 6.27. The Kier molecular flexibility index (Phi) is 5.45. The van der Waals surface area contributed by atoms with E-state index in [-0.39, 0.29) is 0 Å². The molecule has 0 radical (unpaired) electrons. The highest BCUT2D eigenvalue weighted by Gasteiger charge is 2.19. The number of hydrogen-bond acceptors (Lipinski definition) is 6. The summed E-state index contributed by atoms with van der Waals surface area (Å²) in [7, 11) is 0. The minimum Gasteiger partial charge on any atom is -0.437 e. The molecule has 1 aliphatic rings. The molecule has 2 aromatic heterocycles. The molecule has 1 aliphatic heterocycles. The fraction of sp³-hybridized carbons (Fsp3) is 0.400. The summed E-state index contributed by atoms with van der Waals surface area (Å²) in [5.74, 6) is 2.19. The van der Waals surface area contributed by atoms with Crippen LogP contribution in [0.25, 0.3) is 10.2 Å². The van der Waals surface area contributed by atoms with Gasteiger partial charge in [-0.1, -0.05) is 6.07 Å². The lowest BCUT2D eigenvalue weighted by molar-refractivity contribution is 0.0330. The Morgan fingerprint density at radius 2 is 1.96 bits per heavy atom. The number of rotatable bonds is 4. The zero-order valence-corrected chi connectivity index (χ0v) is 18.1. The second kappa shape index (κ2) is 7.83. The summed E-state index contributed by atoms with van der Waals surface area (Å²) < 4.78 is 12.6. The number of hydrogen-bond donors (Lipinski definition) is 0. The van der Waals surface area contributed by atoms with Gasteiger partial charge >= 0.3 is 0 Å². The second-order valence-corrected chi connectivity index (χ2v) is 8.89. The van der Waals surface area contributed by atoms with Crippen molar-refractivity contribution in [1.29, 1.82) is 0 Å². The maximum Gasteiger partial charge on any atom is 0.231 e. The fourth-order valence-corrected chi connectivity index (χ4v) is 4.76. The molecule has 0 atom stereocenters. The summed E-state index contributed by atoms with van der Waals surface area (Å²) in [6.07, 6.45) is 0. The molecule has 27 heavy (non-hydrogen) atoms. The van der Waals surface area contributed by atoms with E-state index in [1.165, 1.54) is 16.0 Å². The number of morpholine rings is 1. The molecule has 4 rings (SSSR count). The quantitative estimate of drug-likeness (QED) is 0.562. The van der Waals surface area contributed by atoms with E-state index >= 15 is 0 Å². The number of halogens is 1. The maximum absolute atomic E-state index is 6.27. The van der Waals surface area contributed by atoms with Crippen LogP contribution >= 0.6 is 27.3 Å².